The molecular formula is C20H33FO2S. The molecule has 0 aliphatic heterocycles. The highest BCUT2D eigenvalue weighted by molar-refractivity contribution is 7.87. The maximum absolute atomic E-state index is 13.5. The summed E-state index contributed by atoms with van der Waals surface area (Å²) in [4.78, 5) is 0. The Morgan fingerprint density at radius 1 is 0.833 bits per heavy atom. The molecule has 0 radical (unpaired) electrons. The zero-order valence-corrected chi connectivity index (χ0v) is 16.8. The molecular weight excluding hydrogens is 323 g/mol. The van der Waals surface area contributed by atoms with E-state index in [1.807, 2.05) is 47.6 Å². The fraction of sp³-hybridized carbons (Fsp3) is 0.600. The van der Waals surface area contributed by atoms with Crippen molar-refractivity contribution in [1.29, 1.82) is 0 Å². The molecule has 0 aromatic carbocycles. The molecule has 138 valence electrons. The van der Waals surface area contributed by atoms with E-state index in [4.69, 9.17) is 0 Å². The normalized spacial score (nSPS) is 14.3. The molecule has 0 saturated heterocycles. The van der Waals surface area contributed by atoms with Gasteiger partial charge in [0.25, 0.3) is 0 Å². The molecule has 1 unspecified atom stereocenters. The van der Waals surface area contributed by atoms with Crippen molar-refractivity contribution in [2.24, 2.45) is 0 Å². The van der Waals surface area contributed by atoms with E-state index in [9.17, 15) is 12.3 Å². The Bertz CT molecular complexity index is 600. The number of halogens is 1. The van der Waals surface area contributed by atoms with E-state index in [0.29, 0.717) is 0 Å². The molecule has 1 atom stereocenters. The van der Waals surface area contributed by atoms with E-state index in [1.54, 1.807) is 6.08 Å². The first-order chi connectivity index (χ1) is 11.0. The van der Waals surface area contributed by atoms with Gasteiger partial charge >= 0.3 is 10.2 Å². The van der Waals surface area contributed by atoms with Gasteiger partial charge in [0.2, 0.25) is 0 Å². The fourth-order valence-corrected chi connectivity index (χ4v) is 2.98. The molecule has 0 aromatic heterocycles. The Morgan fingerprint density at radius 2 is 1.29 bits per heavy atom. The van der Waals surface area contributed by atoms with Crippen molar-refractivity contribution in [3.05, 3.63) is 46.6 Å². The zero-order valence-electron chi connectivity index (χ0n) is 16.0. The molecule has 0 amide bonds. The summed E-state index contributed by atoms with van der Waals surface area (Å²) in [5.74, 6) is 0. The number of hydrogen-bond acceptors (Lipinski definition) is 2. The molecule has 0 rings (SSSR count). The second kappa shape index (κ2) is 11.4. The van der Waals surface area contributed by atoms with Crippen LogP contribution in [0.5, 0.6) is 0 Å². The van der Waals surface area contributed by atoms with Crippen LogP contribution >= 0.6 is 0 Å². The lowest BCUT2D eigenvalue weighted by atomic mass is 10.1. The largest absolute Gasteiger partial charge is 0.309 e. The summed E-state index contributed by atoms with van der Waals surface area (Å²) < 4.78 is 36.4. The van der Waals surface area contributed by atoms with Crippen LogP contribution in [0.3, 0.4) is 0 Å². The first-order valence-electron chi connectivity index (χ1n) is 8.55. The molecule has 2 nitrogen and oxygen atoms in total. The maximum atomic E-state index is 13.5. The van der Waals surface area contributed by atoms with Gasteiger partial charge in [-0.05, 0) is 73.6 Å². The minimum absolute atomic E-state index is 0.194. The van der Waals surface area contributed by atoms with E-state index >= 15 is 0 Å². The van der Waals surface area contributed by atoms with E-state index in [2.05, 4.69) is 12.2 Å². The van der Waals surface area contributed by atoms with Crippen molar-refractivity contribution >= 4 is 10.2 Å². The summed E-state index contributed by atoms with van der Waals surface area (Å²) in [6.45, 7) is 12.0. The molecule has 0 fully saturated rings. The molecule has 0 N–H and O–H groups in total. The van der Waals surface area contributed by atoms with Crippen LogP contribution in [0.4, 0.5) is 3.89 Å². The minimum atomic E-state index is -4.58. The van der Waals surface area contributed by atoms with Crippen LogP contribution in [0.15, 0.2) is 46.6 Å². The smallest absolute Gasteiger partial charge is 0.194 e. The highest BCUT2D eigenvalue weighted by Gasteiger charge is 2.21. The molecule has 24 heavy (non-hydrogen) atoms. The second-order valence-corrected chi connectivity index (χ2v) is 8.51. The van der Waals surface area contributed by atoms with Gasteiger partial charge in [0.15, 0.2) is 0 Å². The van der Waals surface area contributed by atoms with E-state index < -0.39 is 15.5 Å². The first kappa shape index (κ1) is 22.8. The summed E-state index contributed by atoms with van der Waals surface area (Å²) in [7, 11) is -4.58. The molecule has 4 heteroatoms. The van der Waals surface area contributed by atoms with Gasteiger partial charge in [-0.2, -0.15) is 8.42 Å². The van der Waals surface area contributed by atoms with E-state index in [-0.39, 0.29) is 6.42 Å². The Kier molecular flexibility index (Phi) is 10.9. The van der Waals surface area contributed by atoms with Crippen molar-refractivity contribution < 1.29 is 12.3 Å². The van der Waals surface area contributed by atoms with Crippen LogP contribution in [-0.4, -0.2) is 13.7 Å². The third kappa shape index (κ3) is 12.3. The summed E-state index contributed by atoms with van der Waals surface area (Å²) >= 11 is 0. The second-order valence-electron chi connectivity index (χ2n) is 6.95. The quantitative estimate of drug-likeness (QED) is 0.334. The van der Waals surface area contributed by atoms with Crippen LogP contribution < -0.4 is 0 Å². The number of allylic oxidation sites excluding steroid dienone is 7. The molecule has 0 aromatic rings. The van der Waals surface area contributed by atoms with E-state index in [0.717, 1.165) is 36.8 Å². The van der Waals surface area contributed by atoms with Gasteiger partial charge in [-0.15, -0.1) is 3.89 Å². The van der Waals surface area contributed by atoms with Gasteiger partial charge in [-0.3, -0.25) is 0 Å². The fourth-order valence-electron chi connectivity index (χ4n) is 2.26. The Morgan fingerprint density at radius 3 is 1.71 bits per heavy atom. The molecule has 0 heterocycles. The highest BCUT2D eigenvalue weighted by Crippen LogP contribution is 2.18. The highest BCUT2D eigenvalue weighted by atomic mass is 32.3. The SMILES string of the molecule is CC(C)=CCCC(C)=CCC(C=C(C)CCC=C(C)C)S(=O)(=O)F. The number of hydrogen-bond donors (Lipinski definition) is 0. The molecule has 0 saturated carbocycles. The molecule has 0 bridgehead atoms. The van der Waals surface area contributed by atoms with Crippen LogP contribution in [0.2, 0.25) is 0 Å². The topological polar surface area (TPSA) is 34.1 Å². The summed E-state index contributed by atoms with van der Waals surface area (Å²) in [5.41, 5.74) is 4.50. The summed E-state index contributed by atoms with van der Waals surface area (Å²) in [6, 6.07) is 0. The van der Waals surface area contributed by atoms with Gasteiger partial charge in [0.05, 0.1) is 0 Å². The lowest BCUT2D eigenvalue weighted by Crippen LogP contribution is -2.14. The predicted octanol–water partition coefficient (Wildman–Crippen LogP) is 6.43. The summed E-state index contributed by atoms with van der Waals surface area (Å²) in [5, 5.41) is -1.08. The lowest BCUT2D eigenvalue weighted by molar-refractivity contribution is 0.542. The van der Waals surface area contributed by atoms with E-state index in [1.165, 1.54) is 11.1 Å². The Balaban J connectivity index is 4.85. The Labute approximate surface area is 148 Å². The van der Waals surface area contributed by atoms with Crippen molar-refractivity contribution in [2.75, 3.05) is 0 Å². The molecule has 0 spiro atoms. The van der Waals surface area contributed by atoms with Gasteiger partial charge in [-0.1, -0.05) is 46.6 Å². The van der Waals surface area contributed by atoms with Crippen molar-refractivity contribution in [2.45, 2.75) is 78.9 Å². The minimum Gasteiger partial charge on any atom is -0.194 e. The van der Waals surface area contributed by atoms with Gasteiger partial charge in [0, 0.05) is 0 Å². The van der Waals surface area contributed by atoms with Gasteiger partial charge < -0.3 is 0 Å². The van der Waals surface area contributed by atoms with Crippen molar-refractivity contribution in [3.63, 3.8) is 0 Å². The maximum Gasteiger partial charge on any atom is 0.309 e. The van der Waals surface area contributed by atoms with Crippen LogP contribution in [0, 0.1) is 0 Å². The van der Waals surface area contributed by atoms with Crippen LogP contribution in [0.25, 0.3) is 0 Å². The summed E-state index contributed by atoms with van der Waals surface area (Å²) in [6.07, 6.45) is 11.2. The van der Waals surface area contributed by atoms with Gasteiger partial charge in [-0.25, -0.2) is 0 Å². The van der Waals surface area contributed by atoms with Gasteiger partial charge in [0.1, 0.15) is 5.25 Å². The average Bonchev–Trinajstić information content (AvgIpc) is 2.41. The molecule has 0 aliphatic carbocycles. The van der Waals surface area contributed by atoms with Crippen molar-refractivity contribution in [1.82, 2.24) is 0 Å². The Hall–Kier alpha value is -1.16. The number of rotatable bonds is 10. The average molecular weight is 357 g/mol. The monoisotopic (exact) mass is 356 g/mol. The first-order valence-corrected chi connectivity index (χ1v) is 10.00. The zero-order chi connectivity index (χ0) is 18.8. The third-order valence-electron chi connectivity index (χ3n) is 3.71. The third-order valence-corrected chi connectivity index (χ3v) is 4.76. The standard InChI is InChI=1S/C20H33FO2S/c1-16(2)9-7-11-18(5)13-14-20(24(21,22)23)15-19(6)12-8-10-17(3)4/h9-10,13,15,20H,7-8,11-12,14H2,1-6H3. The predicted molar refractivity (Wildman–Crippen MR) is 103 cm³/mol. The lowest BCUT2D eigenvalue weighted by Gasteiger charge is -2.09. The molecule has 0 aliphatic rings. The van der Waals surface area contributed by atoms with Crippen molar-refractivity contribution in [3.8, 4) is 0 Å². The van der Waals surface area contributed by atoms with Crippen LogP contribution in [0.1, 0.15) is 73.6 Å². The van der Waals surface area contributed by atoms with Crippen LogP contribution in [-0.2, 0) is 10.2 Å².